The number of fused-ring (bicyclic) bond motifs is 4. The van der Waals surface area contributed by atoms with E-state index in [1.165, 1.54) is 44.2 Å². The average molecular weight is 722 g/mol. The zero-order valence-corrected chi connectivity index (χ0v) is 26.9. The maximum absolute atomic E-state index is 8.56. The number of aromatic nitrogens is 2. The fourth-order valence-electron chi connectivity index (χ4n) is 5.74. The van der Waals surface area contributed by atoms with Crippen LogP contribution in [0.1, 0.15) is 56.6 Å². The first kappa shape index (κ1) is 30.7. The zero-order chi connectivity index (χ0) is 28.6. The standard InChI is InChI=1S/C31H25N2.C5H12O2.Ir/c1-19-18-32-30(20(2)33-19)24-12-10-21-9-11-22(15-25(21)16-24)23-13-14-27-26-7-5-6-8-28(26)31(3,4)29(27)17-23;1-4(6)3-5(2)7;/h5-11,13-18H,1-4H3;4-7H,3H2,1-2H3;/q-1;;. The Kier molecular flexibility index (Phi) is 9.25. The van der Waals surface area contributed by atoms with Crippen LogP contribution >= 0.6 is 0 Å². The maximum atomic E-state index is 8.56. The van der Waals surface area contributed by atoms with Gasteiger partial charge in [-0.3, -0.25) is 4.98 Å². The molecule has 0 fully saturated rings. The Bertz CT molecular complexity index is 1690. The van der Waals surface area contributed by atoms with Crippen LogP contribution in [0.4, 0.5) is 0 Å². The van der Waals surface area contributed by atoms with Gasteiger partial charge in [0.1, 0.15) is 0 Å². The molecule has 0 aliphatic heterocycles. The van der Waals surface area contributed by atoms with Gasteiger partial charge in [0.05, 0.1) is 17.9 Å². The van der Waals surface area contributed by atoms with Crippen LogP contribution < -0.4 is 0 Å². The van der Waals surface area contributed by atoms with E-state index in [0.29, 0.717) is 6.42 Å². The number of nitrogens with zero attached hydrogens (tertiary/aromatic N) is 2. The van der Waals surface area contributed by atoms with Crippen molar-refractivity contribution in [3.63, 3.8) is 0 Å². The molecule has 0 saturated carbocycles. The molecule has 41 heavy (non-hydrogen) atoms. The van der Waals surface area contributed by atoms with Gasteiger partial charge >= 0.3 is 0 Å². The predicted molar refractivity (Wildman–Crippen MR) is 164 cm³/mol. The number of benzene rings is 4. The molecule has 1 radical (unpaired) electrons. The number of hydrogen-bond acceptors (Lipinski definition) is 4. The average Bonchev–Trinajstić information content (AvgIpc) is 3.14. The van der Waals surface area contributed by atoms with E-state index in [1.807, 2.05) is 20.0 Å². The van der Waals surface area contributed by atoms with E-state index in [-0.39, 0.29) is 37.7 Å². The third-order valence-corrected chi connectivity index (χ3v) is 7.69. The summed E-state index contributed by atoms with van der Waals surface area (Å²) in [6, 6.07) is 30.0. The Morgan fingerprint density at radius 1 is 0.805 bits per heavy atom. The Balaban J connectivity index is 0.000000434. The van der Waals surface area contributed by atoms with Gasteiger partial charge < -0.3 is 15.2 Å². The molecule has 2 N–H and O–H groups in total. The van der Waals surface area contributed by atoms with Gasteiger partial charge in [0.25, 0.3) is 0 Å². The number of rotatable bonds is 4. The first-order valence-electron chi connectivity index (χ1n) is 13.9. The van der Waals surface area contributed by atoms with Gasteiger partial charge in [0.2, 0.25) is 0 Å². The second-order valence-corrected chi connectivity index (χ2v) is 11.5. The minimum atomic E-state index is -0.375. The first-order valence-corrected chi connectivity index (χ1v) is 13.9. The second kappa shape index (κ2) is 12.3. The van der Waals surface area contributed by atoms with Gasteiger partial charge in [-0.2, -0.15) is 0 Å². The molecule has 4 aromatic carbocycles. The van der Waals surface area contributed by atoms with E-state index in [9.17, 15) is 0 Å². The molecule has 1 heterocycles. The van der Waals surface area contributed by atoms with Gasteiger partial charge in [-0.25, -0.2) is 0 Å². The summed E-state index contributed by atoms with van der Waals surface area (Å²) in [5.41, 5.74) is 11.7. The van der Waals surface area contributed by atoms with Crippen molar-refractivity contribution < 1.29 is 30.3 Å². The van der Waals surface area contributed by atoms with Crippen molar-refractivity contribution in [3.8, 4) is 33.5 Å². The molecular weight excluding hydrogens is 685 g/mol. The summed E-state index contributed by atoms with van der Waals surface area (Å²) < 4.78 is 0. The molecule has 1 aliphatic rings. The van der Waals surface area contributed by atoms with Crippen LogP contribution in [-0.2, 0) is 25.5 Å². The molecular formula is C36H37IrN2O2-. The largest absolute Gasteiger partial charge is 0.393 e. The Morgan fingerprint density at radius 2 is 1.46 bits per heavy atom. The summed E-state index contributed by atoms with van der Waals surface area (Å²) in [6.45, 7) is 12.0. The molecule has 5 heteroatoms. The van der Waals surface area contributed by atoms with E-state index in [4.69, 9.17) is 10.2 Å². The number of hydrogen-bond donors (Lipinski definition) is 2. The van der Waals surface area contributed by atoms with Crippen molar-refractivity contribution >= 4 is 10.8 Å². The van der Waals surface area contributed by atoms with Crippen LogP contribution in [-0.4, -0.2) is 32.4 Å². The summed E-state index contributed by atoms with van der Waals surface area (Å²) in [4.78, 5) is 9.19. The summed E-state index contributed by atoms with van der Waals surface area (Å²) in [5.74, 6) is 0. The van der Waals surface area contributed by atoms with Crippen LogP contribution in [0, 0.1) is 19.9 Å². The molecule has 213 valence electrons. The van der Waals surface area contributed by atoms with E-state index < -0.39 is 0 Å². The fraction of sp³-hybridized carbons (Fsp3) is 0.278. The Labute approximate surface area is 256 Å². The topological polar surface area (TPSA) is 66.2 Å². The molecule has 1 aliphatic carbocycles. The molecule has 0 saturated heterocycles. The van der Waals surface area contributed by atoms with Crippen molar-refractivity contribution in [2.75, 3.05) is 0 Å². The fourth-order valence-corrected chi connectivity index (χ4v) is 5.74. The third kappa shape index (κ3) is 6.34. The maximum Gasteiger partial charge on any atom is 0.0539 e. The van der Waals surface area contributed by atoms with Crippen molar-refractivity contribution in [1.82, 2.24) is 9.97 Å². The van der Waals surface area contributed by atoms with E-state index in [1.54, 1.807) is 13.8 Å². The van der Waals surface area contributed by atoms with E-state index in [0.717, 1.165) is 22.6 Å². The number of aryl methyl sites for hydroxylation is 2. The molecule has 4 nitrogen and oxygen atoms in total. The molecule has 5 aromatic rings. The minimum absolute atomic E-state index is 0. The third-order valence-electron chi connectivity index (χ3n) is 7.69. The van der Waals surface area contributed by atoms with Gasteiger partial charge in [-0.05, 0) is 73.6 Å². The smallest absolute Gasteiger partial charge is 0.0539 e. The summed E-state index contributed by atoms with van der Waals surface area (Å²) in [6.07, 6.45) is 1.54. The van der Waals surface area contributed by atoms with Gasteiger partial charge in [-0.15, -0.1) is 29.1 Å². The zero-order valence-electron chi connectivity index (χ0n) is 24.5. The van der Waals surface area contributed by atoms with Gasteiger partial charge in [0, 0.05) is 43.1 Å². The quantitative estimate of drug-likeness (QED) is 0.186. The van der Waals surface area contributed by atoms with Crippen LogP contribution in [0.25, 0.3) is 44.3 Å². The molecule has 0 spiro atoms. The van der Waals surface area contributed by atoms with Crippen LogP contribution in [0.15, 0.2) is 79.0 Å². The molecule has 6 rings (SSSR count). The van der Waals surface area contributed by atoms with Gasteiger partial charge in [-0.1, -0.05) is 73.8 Å². The van der Waals surface area contributed by atoms with Gasteiger partial charge in [0.15, 0.2) is 0 Å². The molecule has 2 atom stereocenters. The Hall–Kier alpha value is -3.21. The van der Waals surface area contributed by atoms with Crippen molar-refractivity contribution in [1.29, 1.82) is 0 Å². The van der Waals surface area contributed by atoms with Crippen molar-refractivity contribution in [3.05, 3.63) is 108 Å². The van der Waals surface area contributed by atoms with Crippen LogP contribution in [0.2, 0.25) is 0 Å². The van der Waals surface area contributed by atoms with Crippen molar-refractivity contribution in [2.24, 2.45) is 0 Å². The normalized spacial score (nSPS) is 14.2. The predicted octanol–water partition coefficient (Wildman–Crippen LogP) is 7.82. The summed E-state index contributed by atoms with van der Waals surface area (Å²) in [7, 11) is 0. The SMILES string of the molecule is CC(O)CC(C)O.Cc1cnc(-c2[c-]cc3ccc(-c4ccc5c(c4)C(C)(C)c4ccccc4-5)cc3c2)c(C)n1.[Ir]. The van der Waals surface area contributed by atoms with E-state index >= 15 is 0 Å². The Morgan fingerprint density at radius 3 is 2.15 bits per heavy atom. The molecule has 2 unspecified atom stereocenters. The summed E-state index contributed by atoms with van der Waals surface area (Å²) in [5, 5.41) is 19.5. The van der Waals surface area contributed by atoms with E-state index in [2.05, 4.69) is 103 Å². The van der Waals surface area contributed by atoms with Crippen molar-refractivity contribution in [2.45, 2.75) is 65.6 Å². The van der Waals surface area contributed by atoms with Crippen LogP contribution in [0.3, 0.4) is 0 Å². The number of aliphatic hydroxyl groups excluding tert-OH is 2. The monoisotopic (exact) mass is 722 g/mol. The molecule has 0 bridgehead atoms. The molecule has 1 aromatic heterocycles. The molecule has 0 amide bonds. The number of aliphatic hydroxyl groups is 2. The first-order chi connectivity index (χ1) is 19.0. The van der Waals surface area contributed by atoms with Crippen LogP contribution in [0.5, 0.6) is 0 Å². The second-order valence-electron chi connectivity index (χ2n) is 11.5. The summed E-state index contributed by atoms with van der Waals surface area (Å²) >= 11 is 0. The minimum Gasteiger partial charge on any atom is -0.393 e.